The summed E-state index contributed by atoms with van der Waals surface area (Å²) in [5.74, 6) is -6.92. The quantitative estimate of drug-likeness (QED) is 0.297. The molecule has 10 heteroatoms. The number of amides is 1. The van der Waals surface area contributed by atoms with Crippen molar-refractivity contribution in [1.29, 1.82) is 0 Å². The van der Waals surface area contributed by atoms with Crippen LogP contribution in [0.15, 0.2) is 59.1 Å². The van der Waals surface area contributed by atoms with E-state index < -0.39 is 58.0 Å². The normalized spacial score (nSPS) is 26.7. The zero-order valence-corrected chi connectivity index (χ0v) is 20.6. The van der Waals surface area contributed by atoms with E-state index in [9.17, 15) is 39.6 Å². The van der Waals surface area contributed by atoms with E-state index in [2.05, 4.69) is 0 Å². The number of allylic oxidation sites excluding steroid dienone is 1. The van der Waals surface area contributed by atoms with Crippen molar-refractivity contribution in [3.05, 3.63) is 75.8 Å². The first kappa shape index (κ1) is 25.4. The molecule has 0 heterocycles. The van der Waals surface area contributed by atoms with Crippen molar-refractivity contribution in [1.82, 2.24) is 4.90 Å². The molecule has 3 aliphatic carbocycles. The Hall–Kier alpha value is -4.28. The second kappa shape index (κ2) is 8.64. The Morgan fingerprint density at radius 1 is 1.08 bits per heavy atom. The highest BCUT2D eigenvalue weighted by atomic mass is 16.3. The molecule has 3 aliphatic rings. The van der Waals surface area contributed by atoms with Gasteiger partial charge in [-0.15, -0.1) is 0 Å². The van der Waals surface area contributed by atoms with Gasteiger partial charge in [-0.2, -0.15) is 0 Å². The lowest BCUT2D eigenvalue weighted by Gasteiger charge is -2.50. The number of nitrogens with zero attached hydrogens (tertiary/aromatic N) is 1. The molecule has 0 unspecified atom stereocenters. The number of fused-ring (bicyclic) bond motifs is 3. The Kier molecular flexibility index (Phi) is 5.77. The number of benzene rings is 2. The molecule has 2 aromatic carbocycles. The Morgan fingerprint density at radius 2 is 1.74 bits per heavy atom. The van der Waals surface area contributed by atoms with Gasteiger partial charge in [0.25, 0.3) is 5.91 Å². The van der Waals surface area contributed by atoms with E-state index >= 15 is 0 Å². The van der Waals surface area contributed by atoms with E-state index in [-0.39, 0.29) is 29.7 Å². The molecule has 2 aromatic rings. The van der Waals surface area contributed by atoms with E-state index in [1.54, 1.807) is 44.4 Å². The number of aliphatic hydroxyl groups is 3. The summed E-state index contributed by atoms with van der Waals surface area (Å²) in [5.41, 5.74) is 3.88. The smallest absolute Gasteiger partial charge is 0.255 e. The third-order valence-corrected chi connectivity index (χ3v) is 7.96. The molecule has 4 atom stereocenters. The Bertz CT molecular complexity index is 1490. The number of Topliss-reactive ketones (excluding diaryl/α,β-unsaturated/α-hetero) is 2. The number of hydrogen-bond donors (Lipinski definition) is 5. The Labute approximate surface area is 217 Å². The molecule has 1 amide bonds. The fourth-order valence-corrected chi connectivity index (χ4v) is 6.26. The summed E-state index contributed by atoms with van der Waals surface area (Å²) in [4.78, 5) is 51.8. The molecule has 0 saturated heterocycles. The number of carbonyl (C=O) groups excluding carboxylic acids is 4. The van der Waals surface area contributed by atoms with E-state index in [0.29, 0.717) is 28.5 Å². The average molecular weight is 519 g/mol. The van der Waals surface area contributed by atoms with E-state index in [0.717, 1.165) is 0 Å². The zero-order valence-electron chi connectivity index (χ0n) is 20.6. The SMILES string of the molecule is CN(C)[C@@H]1C(O)=C(C(N)=O)C(=O)[C@@]2(O)C(O)=C3C(=O)c4c(O)ccc(-c5ccc(C=O)cc5)c4C[C@H]3C[C@@H]12. The summed E-state index contributed by atoms with van der Waals surface area (Å²) in [6.07, 6.45) is 0.890. The number of phenols is 1. The molecule has 0 fully saturated rings. The van der Waals surface area contributed by atoms with Gasteiger partial charge in [-0.3, -0.25) is 24.1 Å². The molecule has 6 N–H and O–H groups in total. The second-order valence-electron chi connectivity index (χ2n) is 10.2. The fourth-order valence-electron chi connectivity index (χ4n) is 6.26. The van der Waals surface area contributed by atoms with E-state index in [4.69, 9.17) is 5.73 Å². The second-order valence-corrected chi connectivity index (χ2v) is 10.2. The van der Waals surface area contributed by atoms with Crippen molar-refractivity contribution < 1.29 is 39.6 Å². The highest BCUT2D eigenvalue weighted by Crippen LogP contribution is 2.53. The van der Waals surface area contributed by atoms with Gasteiger partial charge in [0.05, 0.1) is 11.6 Å². The lowest BCUT2D eigenvalue weighted by Crippen LogP contribution is -2.63. The first-order chi connectivity index (χ1) is 17.9. The standard InChI is InChI=1S/C28H26N2O8/c1-30(2)22-17-10-14-9-16-15(13-5-3-12(11-31)4-6-13)7-8-18(32)20(16)23(33)19(14)25(35)28(17,38)26(36)21(24(22)34)27(29)37/h3-8,11,14,17,22,32,34-35,38H,9-10H2,1-2H3,(H2,29,37)/t14-,17-,22-,28-/m0/s1. The maximum Gasteiger partial charge on any atom is 0.255 e. The monoisotopic (exact) mass is 518 g/mol. The van der Waals surface area contributed by atoms with Gasteiger partial charge in [0, 0.05) is 17.1 Å². The van der Waals surface area contributed by atoms with Gasteiger partial charge in [0.15, 0.2) is 11.4 Å². The van der Waals surface area contributed by atoms with Crippen molar-refractivity contribution in [2.24, 2.45) is 17.6 Å². The predicted molar refractivity (Wildman–Crippen MR) is 134 cm³/mol. The molecule has 0 aliphatic heterocycles. The molecule has 0 bridgehead atoms. The number of aldehydes is 1. The summed E-state index contributed by atoms with van der Waals surface area (Å²) in [7, 11) is 3.15. The minimum absolute atomic E-state index is 0.00490. The number of carbonyl (C=O) groups is 4. The van der Waals surface area contributed by atoms with Crippen molar-refractivity contribution in [2.75, 3.05) is 14.1 Å². The lowest BCUT2D eigenvalue weighted by atomic mass is 9.58. The van der Waals surface area contributed by atoms with Crippen LogP contribution in [0.3, 0.4) is 0 Å². The largest absolute Gasteiger partial charge is 0.510 e. The fraction of sp³-hybridized carbons (Fsp3) is 0.286. The van der Waals surface area contributed by atoms with Crippen LogP contribution in [-0.2, 0) is 16.0 Å². The molecule has 196 valence electrons. The van der Waals surface area contributed by atoms with Crippen LogP contribution >= 0.6 is 0 Å². The highest BCUT2D eigenvalue weighted by Gasteiger charge is 2.63. The van der Waals surface area contributed by atoms with Gasteiger partial charge in [0.2, 0.25) is 5.78 Å². The van der Waals surface area contributed by atoms with Gasteiger partial charge in [0.1, 0.15) is 29.1 Å². The maximum atomic E-state index is 13.8. The number of aliphatic hydroxyl groups excluding tert-OH is 2. The third kappa shape index (κ3) is 3.34. The Morgan fingerprint density at radius 3 is 2.32 bits per heavy atom. The van der Waals surface area contributed by atoms with Crippen molar-refractivity contribution in [3.63, 3.8) is 0 Å². The van der Waals surface area contributed by atoms with Gasteiger partial charge in [-0.1, -0.05) is 30.3 Å². The molecule has 0 aromatic heterocycles. The molecule has 0 saturated carbocycles. The van der Waals surface area contributed by atoms with Gasteiger partial charge in [-0.05, 0) is 55.6 Å². The van der Waals surface area contributed by atoms with Crippen LogP contribution in [-0.4, -0.2) is 74.8 Å². The molecular weight excluding hydrogens is 492 g/mol. The van der Waals surface area contributed by atoms with Crippen LogP contribution in [0.5, 0.6) is 5.75 Å². The molecule has 38 heavy (non-hydrogen) atoms. The topological polar surface area (TPSA) is 178 Å². The van der Waals surface area contributed by atoms with Crippen LogP contribution in [0, 0.1) is 11.8 Å². The van der Waals surface area contributed by atoms with Crippen LogP contribution in [0.25, 0.3) is 11.1 Å². The molecule has 10 nitrogen and oxygen atoms in total. The van der Waals surface area contributed by atoms with Gasteiger partial charge >= 0.3 is 0 Å². The number of likely N-dealkylation sites (N-methyl/N-ethyl adjacent to an activating group) is 1. The van der Waals surface area contributed by atoms with Crippen LogP contribution in [0.2, 0.25) is 0 Å². The summed E-state index contributed by atoms with van der Waals surface area (Å²) < 4.78 is 0. The lowest BCUT2D eigenvalue weighted by molar-refractivity contribution is -0.148. The van der Waals surface area contributed by atoms with E-state index in [1.807, 2.05) is 0 Å². The number of nitrogens with two attached hydrogens (primary N) is 1. The zero-order chi connectivity index (χ0) is 27.7. The maximum absolute atomic E-state index is 13.8. The van der Waals surface area contributed by atoms with E-state index in [1.165, 1.54) is 11.0 Å². The number of primary amides is 1. The first-order valence-corrected chi connectivity index (χ1v) is 12.0. The van der Waals surface area contributed by atoms with Crippen LogP contribution < -0.4 is 5.73 Å². The first-order valence-electron chi connectivity index (χ1n) is 12.0. The minimum atomic E-state index is -2.68. The number of phenolic OH excluding ortho intramolecular Hbond substituents is 1. The van der Waals surface area contributed by atoms with Crippen LogP contribution in [0.1, 0.15) is 32.7 Å². The average Bonchev–Trinajstić information content (AvgIpc) is 2.86. The summed E-state index contributed by atoms with van der Waals surface area (Å²) in [5, 5.41) is 44.5. The highest BCUT2D eigenvalue weighted by molar-refractivity contribution is 6.24. The molecule has 5 rings (SSSR count). The van der Waals surface area contributed by atoms with Crippen molar-refractivity contribution in [2.45, 2.75) is 24.5 Å². The summed E-state index contributed by atoms with van der Waals surface area (Å²) in [6, 6.07) is 8.65. The number of hydrogen-bond acceptors (Lipinski definition) is 9. The molecule has 0 radical (unpaired) electrons. The third-order valence-electron chi connectivity index (χ3n) is 7.96. The predicted octanol–water partition coefficient (Wildman–Crippen LogP) is 1.60. The van der Waals surface area contributed by atoms with Crippen molar-refractivity contribution in [3.8, 4) is 16.9 Å². The summed E-state index contributed by atoms with van der Waals surface area (Å²) >= 11 is 0. The minimum Gasteiger partial charge on any atom is -0.510 e. The Balaban J connectivity index is 1.71. The molecule has 0 spiro atoms. The molecular formula is C28H26N2O8. The number of rotatable bonds is 4. The number of aromatic hydroxyl groups is 1. The van der Waals surface area contributed by atoms with Gasteiger partial charge in [-0.25, -0.2) is 0 Å². The number of ketones is 2. The summed E-state index contributed by atoms with van der Waals surface area (Å²) in [6.45, 7) is 0. The van der Waals surface area contributed by atoms with Crippen molar-refractivity contribution >= 4 is 23.8 Å². The van der Waals surface area contributed by atoms with Gasteiger partial charge < -0.3 is 26.2 Å². The van der Waals surface area contributed by atoms with Crippen LogP contribution in [0.4, 0.5) is 0 Å².